The summed E-state index contributed by atoms with van der Waals surface area (Å²) in [7, 11) is -7.16. The molecule has 1 aromatic rings. The molecule has 0 saturated carbocycles. The standard InChI is InChI=1S/C18H24N4O5S2/c1-28(24,25)22-8-4-6-16(14-22)18(23)20-9-11-21(12-10-20)29(26,27)17-7-3-2-5-15(17)13-19/h2-3,5,7,16H,4,6,8-12,14H2,1H3. The smallest absolute Gasteiger partial charge is 0.244 e. The maximum absolute atomic E-state index is 12.9. The molecule has 1 unspecified atom stereocenters. The molecule has 2 aliphatic heterocycles. The van der Waals surface area contributed by atoms with E-state index in [4.69, 9.17) is 0 Å². The van der Waals surface area contributed by atoms with Crippen LogP contribution in [0.1, 0.15) is 18.4 Å². The highest BCUT2D eigenvalue weighted by Crippen LogP contribution is 2.24. The molecular weight excluding hydrogens is 416 g/mol. The zero-order valence-electron chi connectivity index (χ0n) is 16.2. The van der Waals surface area contributed by atoms with Gasteiger partial charge in [0.05, 0.1) is 22.6 Å². The van der Waals surface area contributed by atoms with Crippen LogP contribution in [-0.2, 0) is 24.8 Å². The summed E-state index contributed by atoms with van der Waals surface area (Å²) < 4.78 is 52.0. The van der Waals surface area contributed by atoms with Gasteiger partial charge in [-0.1, -0.05) is 12.1 Å². The molecule has 0 aromatic heterocycles. The molecule has 1 amide bonds. The predicted molar refractivity (Wildman–Crippen MR) is 106 cm³/mol. The Kier molecular flexibility index (Phi) is 6.28. The first-order chi connectivity index (χ1) is 13.6. The van der Waals surface area contributed by atoms with Crippen LogP contribution < -0.4 is 0 Å². The minimum atomic E-state index is -3.82. The van der Waals surface area contributed by atoms with E-state index in [0.29, 0.717) is 19.4 Å². The van der Waals surface area contributed by atoms with E-state index in [9.17, 15) is 26.9 Å². The van der Waals surface area contributed by atoms with Crippen molar-refractivity contribution in [2.45, 2.75) is 17.7 Å². The van der Waals surface area contributed by atoms with Gasteiger partial charge >= 0.3 is 0 Å². The molecule has 2 saturated heterocycles. The van der Waals surface area contributed by atoms with Gasteiger partial charge in [0.1, 0.15) is 6.07 Å². The first-order valence-electron chi connectivity index (χ1n) is 9.38. The zero-order chi connectivity index (χ0) is 21.2. The van der Waals surface area contributed by atoms with E-state index in [2.05, 4.69) is 0 Å². The van der Waals surface area contributed by atoms with Gasteiger partial charge in [-0.25, -0.2) is 21.1 Å². The summed E-state index contributed by atoms with van der Waals surface area (Å²) in [6, 6.07) is 7.96. The van der Waals surface area contributed by atoms with Gasteiger partial charge in [-0.05, 0) is 25.0 Å². The summed E-state index contributed by atoms with van der Waals surface area (Å²) in [5.74, 6) is -0.534. The molecule has 0 N–H and O–H groups in total. The summed E-state index contributed by atoms with van der Waals surface area (Å²) in [5.41, 5.74) is 0.0917. The maximum atomic E-state index is 12.9. The van der Waals surface area contributed by atoms with Gasteiger partial charge in [-0.15, -0.1) is 0 Å². The molecule has 0 spiro atoms. The van der Waals surface area contributed by atoms with Gasteiger partial charge in [-0.3, -0.25) is 4.79 Å². The molecule has 2 fully saturated rings. The Morgan fingerprint density at radius 3 is 2.31 bits per heavy atom. The molecule has 9 nitrogen and oxygen atoms in total. The number of hydrogen-bond donors (Lipinski definition) is 0. The molecule has 29 heavy (non-hydrogen) atoms. The fourth-order valence-corrected chi connectivity index (χ4v) is 6.25. The third-order valence-electron chi connectivity index (χ3n) is 5.38. The highest BCUT2D eigenvalue weighted by atomic mass is 32.2. The molecule has 0 radical (unpaired) electrons. The fourth-order valence-electron chi connectivity index (χ4n) is 3.78. The molecular formula is C18H24N4O5S2. The van der Waals surface area contributed by atoms with Gasteiger partial charge in [-0.2, -0.15) is 9.57 Å². The van der Waals surface area contributed by atoms with Gasteiger partial charge in [0.2, 0.25) is 26.0 Å². The van der Waals surface area contributed by atoms with Crippen molar-refractivity contribution in [3.63, 3.8) is 0 Å². The minimum Gasteiger partial charge on any atom is -0.340 e. The number of carbonyl (C=O) groups is 1. The highest BCUT2D eigenvalue weighted by Gasteiger charge is 2.36. The number of nitriles is 1. The molecule has 1 aromatic carbocycles. The van der Waals surface area contributed by atoms with E-state index in [-0.39, 0.29) is 49.1 Å². The average molecular weight is 441 g/mol. The lowest BCUT2D eigenvalue weighted by Crippen LogP contribution is -2.54. The average Bonchev–Trinajstić information content (AvgIpc) is 2.72. The number of rotatable bonds is 4. The Bertz CT molecular complexity index is 1020. The van der Waals surface area contributed by atoms with Crippen molar-refractivity contribution in [2.24, 2.45) is 5.92 Å². The van der Waals surface area contributed by atoms with Crippen LogP contribution in [0, 0.1) is 17.2 Å². The van der Waals surface area contributed by atoms with E-state index in [1.807, 2.05) is 6.07 Å². The predicted octanol–water partition coefficient (Wildman–Crippen LogP) is 0.0628. The van der Waals surface area contributed by atoms with Crippen molar-refractivity contribution in [2.75, 3.05) is 45.5 Å². The van der Waals surface area contributed by atoms with Crippen molar-refractivity contribution in [3.05, 3.63) is 29.8 Å². The Morgan fingerprint density at radius 1 is 1.03 bits per heavy atom. The number of piperazine rings is 1. The second kappa shape index (κ2) is 8.39. The summed E-state index contributed by atoms with van der Waals surface area (Å²) >= 11 is 0. The quantitative estimate of drug-likeness (QED) is 0.653. The number of piperidine rings is 1. The Morgan fingerprint density at radius 2 is 1.69 bits per heavy atom. The van der Waals surface area contributed by atoms with Crippen LogP contribution in [0.4, 0.5) is 0 Å². The topological polar surface area (TPSA) is 119 Å². The number of sulfonamides is 2. The van der Waals surface area contributed by atoms with Crippen molar-refractivity contribution >= 4 is 26.0 Å². The first-order valence-corrected chi connectivity index (χ1v) is 12.7. The van der Waals surface area contributed by atoms with Gasteiger partial charge in [0.15, 0.2) is 0 Å². The first kappa shape index (κ1) is 21.7. The largest absolute Gasteiger partial charge is 0.340 e. The second-order valence-corrected chi connectivity index (χ2v) is 11.2. The van der Waals surface area contributed by atoms with Crippen LogP contribution in [0.15, 0.2) is 29.2 Å². The Labute approximate surface area is 171 Å². The lowest BCUT2D eigenvalue weighted by molar-refractivity contribution is -0.137. The lowest BCUT2D eigenvalue weighted by Gasteiger charge is -2.38. The Hall–Kier alpha value is -2.00. The number of nitrogens with zero attached hydrogens (tertiary/aromatic N) is 4. The van der Waals surface area contributed by atoms with Crippen molar-refractivity contribution in [3.8, 4) is 6.07 Å². The zero-order valence-corrected chi connectivity index (χ0v) is 17.8. The Balaban J connectivity index is 1.66. The molecule has 1 atom stereocenters. The van der Waals surface area contributed by atoms with Gasteiger partial charge in [0, 0.05) is 39.3 Å². The fraction of sp³-hybridized carbons (Fsp3) is 0.556. The SMILES string of the molecule is CS(=O)(=O)N1CCCC(C(=O)N2CCN(S(=O)(=O)c3ccccc3C#N)CC2)C1. The van der Waals surface area contributed by atoms with E-state index in [1.165, 1.54) is 20.7 Å². The van der Waals surface area contributed by atoms with Crippen LogP contribution in [0.5, 0.6) is 0 Å². The molecule has 2 heterocycles. The third kappa shape index (κ3) is 4.61. The summed E-state index contributed by atoms with van der Waals surface area (Å²) in [6.45, 7) is 1.34. The third-order valence-corrected chi connectivity index (χ3v) is 8.60. The molecule has 2 aliphatic rings. The van der Waals surface area contributed by atoms with Crippen LogP contribution in [0.25, 0.3) is 0 Å². The summed E-state index contributed by atoms with van der Waals surface area (Å²) in [5, 5.41) is 9.19. The molecule has 0 aliphatic carbocycles. The van der Waals surface area contributed by atoms with E-state index in [0.717, 1.165) is 6.26 Å². The summed E-state index contributed by atoms with van der Waals surface area (Å²) in [6.07, 6.45) is 2.39. The number of carbonyl (C=O) groups excluding carboxylic acids is 1. The molecule has 158 valence electrons. The van der Waals surface area contributed by atoms with E-state index >= 15 is 0 Å². The van der Waals surface area contributed by atoms with Gasteiger partial charge in [0.25, 0.3) is 0 Å². The minimum absolute atomic E-state index is 0.0293. The monoisotopic (exact) mass is 440 g/mol. The summed E-state index contributed by atoms with van der Waals surface area (Å²) in [4.78, 5) is 14.4. The molecule has 11 heteroatoms. The van der Waals surface area contributed by atoms with E-state index < -0.39 is 26.0 Å². The van der Waals surface area contributed by atoms with Crippen LogP contribution >= 0.6 is 0 Å². The number of benzene rings is 1. The van der Waals surface area contributed by atoms with Crippen molar-refractivity contribution in [1.82, 2.24) is 13.5 Å². The molecule has 3 rings (SSSR count). The van der Waals surface area contributed by atoms with Crippen molar-refractivity contribution in [1.29, 1.82) is 5.26 Å². The van der Waals surface area contributed by atoms with Crippen LogP contribution in [-0.4, -0.2) is 81.8 Å². The maximum Gasteiger partial charge on any atom is 0.244 e. The lowest BCUT2D eigenvalue weighted by atomic mass is 9.98. The highest BCUT2D eigenvalue weighted by molar-refractivity contribution is 7.89. The van der Waals surface area contributed by atoms with Gasteiger partial charge < -0.3 is 4.90 Å². The van der Waals surface area contributed by atoms with Crippen LogP contribution in [0.2, 0.25) is 0 Å². The van der Waals surface area contributed by atoms with Crippen LogP contribution in [0.3, 0.4) is 0 Å². The number of amides is 1. The molecule has 0 bridgehead atoms. The second-order valence-electron chi connectivity index (χ2n) is 7.30. The van der Waals surface area contributed by atoms with E-state index in [1.54, 1.807) is 17.0 Å². The number of hydrogen-bond acceptors (Lipinski definition) is 6. The van der Waals surface area contributed by atoms with Crippen molar-refractivity contribution < 1.29 is 21.6 Å². The normalized spacial score (nSPS) is 22.2.